The topological polar surface area (TPSA) is 111 Å². The zero-order valence-electron chi connectivity index (χ0n) is 24.8. The molecular formula is C32H34F4N4O4S. The number of carbonyl (C=O) groups excluding carboxylic acids is 3. The second-order valence-corrected chi connectivity index (χ2v) is 12.8. The molecule has 13 heteroatoms. The van der Waals surface area contributed by atoms with Gasteiger partial charge in [-0.1, -0.05) is 60.7 Å². The number of nitrogens with zero attached hydrogens (tertiary/aromatic N) is 1. The van der Waals surface area contributed by atoms with Gasteiger partial charge in [0.2, 0.25) is 5.91 Å². The Morgan fingerprint density at radius 3 is 2.36 bits per heavy atom. The molecule has 45 heavy (non-hydrogen) atoms. The maximum atomic E-state index is 14.4. The molecule has 0 bridgehead atoms. The number of anilines is 1. The third-order valence-electron chi connectivity index (χ3n) is 7.60. The summed E-state index contributed by atoms with van der Waals surface area (Å²) in [6, 6.07) is 14.7. The van der Waals surface area contributed by atoms with Crippen molar-refractivity contribution in [3.8, 4) is 0 Å². The van der Waals surface area contributed by atoms with Gasteiger partial charge in [0.15, 0.2) is 6.10 Å². The Bertz CT molecular complexity index is 1540. The molecule has 8 nitrogen and oxygen atoms in total. The van der Waals surface area contributed by atoms with E-state index in [1.54, 1.807) is 44.2 Å². The Kier molecular flexibility index (Phi) is 10.4. The van der Waals surface area contributed by atoms with Gasteiger partial charge in [0.1, 0.15) is 11.9 Å². The number of aliphatic hydroxyl groups is 1. The van der Waals surface area contributed by atoms with Crippen molar-refractivity contribution in [1.29, 1.82) is 0 Å². The summed E-state index contributed by atoms with van der Waals surface area (Å²) in [5.74, 6) is -2.53. The van der Waals surface area contributed by atoms with Crippen molar-refractivity contribution in [3.63, 3.8) is 0 Å². The number of alkyl halides is 3. The molecule has 240 valence electrons. The van der Waals surface area contributed by atoms with E-state index in [0.29, 0.717) is 11.6 Å². The highest BCUT2D eigenvalue weighted by molar-refractivity contribution is 8.00. The van der Waals surface area contributed by atoms with Gasteiger partial charge in [-0.25, -0.2) is 9.18 Å². The summed E-state index contributed by atoms with van der Waals surface area (Å²) in [7, 11) is 0. The molecule has 4 rings (SSSR count). The highest BCUT2D eigenvalue weighted by atomic mass is 32.2. The minimum Gasteiger partial charge on any atom is -0.381 e. The first-order valence-electron chi connectivity index (χ1n) is 14.1. The average molecular weight is 647 g/mol. The van der Waals surface area contributed by atoms with E-state index >= 15 is 0 Å². The largest absolute Gasteiger partial charge is 0.418 e. The first-order chi connectivity index (χ1) is 21.2. The molecule has 1 saturated heterocycles. The van der Waals surface area contributed by atoms with Crippen LogP contribution in [0.3, 0.4) is 0 Å². The van der Waals surface area contributed by atoms with Crippen molar-refractivity contribution in [3.05, 3.63) is 101 Å². The molecule has 3 aromatic carbocycles. The summed E-state index contributed by atoms with van der Waals surface area (Å²) in [6.45, 7) is 5.74. The summed E-state index contributed by atoms with van der Waals surface area (Å²) in [6.07, 6.45) is -6.96. The third kappa shape index (κ3) is 8.14. The van der Waals surface area contributed by atoms with E-state index in [4.69, 9.17) is 0 Å². The van der Waals surface area contributed by atoms with E-state index in [1.807, 2.05) is 36.5 Å². The Labute approximate surface area is 262 Å². The number of rotatable bonds is 9. The fraction of sp³-hybridized carbons (Fsp3) is 0.344. The van der Waals surface area contributed by atoms with Crippen LogP contribution in [0.5, 0.6) is 0 Å². The molecule has 0 aliphatic carbocycles. The first-order valence-corrected chi connectivity index (χ1v) is 15.1. The molecule has 0 spiro atoms. The van der Waals surface area contributed by atoms with Crippen LogP contribution in [0.15, 0.2) is 72.8 Å². The molecule has 1 aliphatic rings. The number of carbonyl (C=O) groups is 3. The van der Waals surface area contributed by atoms with Crippen LogP contribution < -0.4 is 16.0 Å². The lowest BCUT2D eigenvalue weighted by molar-refractivity contribution is -0.147. The number of benzene rings is 3. The number of nitrogens with one attached hydrogen (secondary N) is 3. The third-order valence-corrected chi connectivity index (χ3v) is 8.97. The quantitative estimate of drug-likeness (QED) is 0.238. The van der Waals surface area contributed by atoms with Crippen LogP contribution in [0.4, 0.5) is 28.0 Å². The summed E-state index contributed by atoms with van der Waals surface area (Å²) in [5, 5.41) is 18.5. The second kappa shape index (κ2) is 13.9. The Hall–Kier alpha value is -4.10. The zero-order valence-corrected chi connectivity index (χ0v) is 25.6. The van der Waals surface area contributed by atoms with E-state index in [2.05, 4.69) is 10.6 Å². The summed E-state index contributed by atoms with van der Waals surface area (Å²) < 4.78 is 54.2. The fourth-order valence-electron chi connectivity index (χ4n) is 5.16. The number of amides is 4. The van der Waals surface area contributed by atoms with Gasteiger partial charge in [-0.2, -0.15) is 13.2 Å². The fourth-order valence-corrected chi connectivity index (χ4v) is 6.30. The van der Waals surface area contributed by atoms with Gasteiger partial charge in [-0.05, 0) is 56.0 Å². The van der Waals surface area contributed by atoms with Crippen molar-refractivity contribution in [2.45, 2.75) is 62.8 Å². The lowest BCUT2D eigenvalue weighted by Crippen LogP contribution is -2.59. The Balaban J connectivity index is 1.56. The van der Waals surface area contributed by atoms with Crippen molar-refractivity contribution in [2.75, 3.05) is 11.2 Å². The maximum absolute atomic E-state index is 14.4. The standard InChI is InChI=1S/C32H34F4N4O4S/c1-19-10-7-8-13-21(19)17-37-28(42)27-31(2,3)45-18-40(27)29(43)26(41)24(16-20-11-5-4-6-12-20)38-30(44)39-25-22(32(34,35)36)14-9-15-23(25)33/h4-15,24,26-27,41H,16-18H2,1-3H3,(H,37,42)(H2,38,39,44). The smallest absolute Gasteiger partial charge is 0.381 e. The number of halogens is 4. The number of aryl methyl sites for hydroxylation is 1. The van der Waals surface area contributed by atoms with Gasteiger partial charge in [0.25, 0.3) is 5.91 Å². The van der Waals surface area contributed by atoms with Gasteiger partial charge < -0.3 is 26.0 Å². The predicted octanol–water partition coefficient (Wildman–Crippen LogP) is 5.24. The number of hydrogen-bond donors (Lipinski definition) is 4. The number of hydrogen-bond acceptors (Lipinski definition) is 5. The van der Waals surface area contributed by atoms with Gasteiger partial charge in [-0.15, -0.1) is 11.8 Å². The van der Waals surface area contributed by atoms with E-state index < -0.39 is 64.0 Å². The van der Waals surface area contributed by atoms with E-state index in [1.165, 1.54) is 16.7 Å². The van der Waals surface area contributed by atoms with Crippen LogP contribution in [0.1, 0.15) is 36.1 Å². The lowest BCUT2D eigenvalue weighted by atomic mass is 9.97. The van der Waals surface area contributed by atoms with Gasteiger partial charge in [0.05, 0.1) is 23.2 Å². The number of urea groups is 1. The normalized spacial score (nSPS) is 17.3. The highest BCUT2D eigenvalue weighted by Crippen LogP contribution is 2.40. The Morgan fingerprint density at radius 2 is 1.69 bits per heavy atom. The SMILES string of the molecule is Cc1ccccc1CNC(=O)C1N(C(=O)C(O)C(Cc2ccccc2)NC(=O)Nc2c(F)cccc2C(F)(F)F)CSC1(C)C. The predicted molar refractivity (Wildman–Crippen MR) is 164 cm³/mol. The maximum Gasteiger partial charge on any atom is 0.418 e. The molecule has 3 aromatic rings. The second-order valence-electron chi connectivity index (χ2n) is 11.2. The van der Waals surface area contributed by atoms with Crippen LogP contribution in [0.2, 0.25) is 0 Å². The van der Waals surface area contributed by atoms with E-state index in [9.17, 15) is 37.1 Å². The number of para-hydroxylation sites is 1. The first kappa shape index (κ1) is 33.8. The minimum absolute atomic E-state index is 0.0692. The monoisotopic (exact) mass is 646 g/mol. The van der Waals surface area contributed by atoms with Gasteiger partial charge in [0, 0.05) is 11.3 Å². The molecule has 1 fully saturated rings. The average Bonchev–Trinajstić information content (AvgIpc) is 3.31. The van der Waals surface area contributed by atoms with Crippen molar-refractivity contribution in [2.24, 2.45) is 0 Å². The van der Waals surface area contributed by atoms with E-state index in [0.717, 1.165) is 23.3 Å². The summed E-state index contributed by atoms with van der Waals surface area (Å²) in [5.41, 5.74) is -0.0178. The van der Waals surface area contributed by atoms with Crippen molar-refractivity contribution in [1.82, 2.24) is 15.5 Å². The molecule has 4 N–H and O–H groups in total. The molecule has 0 radical (unpaired) electrons. The molecule has 1 heterocycles. The van der Waals surface area contributed by atoms with Gasteiger partial charge >= 0.3 is 12.2 Å². The molecule has 0 aromatic heterocycles. The molecule has 4 amide bonds. The van der Waals surface area contributed by atoms with Crippen molar-refractivity contribution >= 4 is 35.3 Å². The van der Waals surface area contributed by atoms with Crippen molar-refractivity contribution < 1.29 is 37.1 Å². The van der Waals surface area contributed by atoms with Crippen LogP contribution in [0.25, 0.3) is 0 Å². The molecule has 3 unspecified atom stereocenters. The van der Waals surface area contributed by atoms with Gasteiger partial charge in [-0.3, -0.25) is 9.59 Å². The molecule has 0 saturated carbocycles. The van der Waals surface area contributed by atoms with Crippen LogP contribution in [0, 0.1) is 12.7 Å². The molecular weight excluding hydrogens is 612 g/mol. The summed E-state index contributed by atoms with van der Waals surface area (Å²) >= 11 is 1.34. The number of aliphatic hydroxyl groups excluding tert-OH is 1. The van der Waals surface area contributed by atoms with Crippen LogP contribution in [-0.4, -0.2) is 56.7 Å². The lowest BCUT2D eigenvalue weighted by Gasteiger charge is -2.33. The molecule has 3 atom stereocenters. The zero-order chi connectivity index (χ0) is 32.9. The number of thioether (sulfide) groups is 1. The minimum atomic E-state index is -4.96. The highest BCUT2D eigenvalue weighted by Gasteiger charge is 2.49. The van der Waals surface area contributed by atoms with E-state index in [-0.39, 0.29) is 18.8 Å². The van der Waals surface area contributed by atoms with Crippen LogP contribution >= 0.6 is 11.8 Å². The molecule has 1 aliphatic heterocycles. The summed E-state index contributed by atoms with van der Waals surface area (Å²) in [4.78, 5) is 41.4. The Morgan fingerprint density at radius 1 is 1.02 bits per heavy atom. The van der Waals surface area contributed by atoms with Crippen LogP contribution in [-0.2, 0) is 28.7 Å².